The molecule has 6 rings (SSSR count). The summed E-state index contributed by atoms with van der Waals surface area (Å²) in [6.07, 6.45) is 3.28. The Bertz CT molecular complexity index is 2000. The van der Waals surface area contributed by atoms with Gasteiger partial charge in [0.2, 0.25) is 27.7 Å². The fourth-order valence-electron chi connectivity index (χ4n) is 6.52. The number of carbonyl (C=O) groups excluding carboxylic acids is 3. The van der Waals surface area contributed by atoms with Gasteiger partial charge in [0.1, 0.15) is 35.3 Å². The van der Waals surface area contributed by atoms with E-state index in [0.717, 1.165) is 0 Å². The summed E-state index contributed by atoms with van der Waals surface area (Å²) in [6.45, 7) is 9.16. The lowest BCUT2D eigenvalue weighted by molar-refractivity contribution is -0.141. The van der Waals surface area contributed by atoms with E-state index in [4.69, 9.17) is 21.1 Å². The molecule has 5 atom stereocenters. The molecule has 0 bridgehead atoms. The number of nitrogens with one attached hydrogen (secondary N) is 3. The van der Waals surface area contributed by atoms with Crippen molar-refractivity contribution in [2.45, 2.75) is 75.4 Å². The number of pyridine rings is 1. The number of para-hydroxylation sites is 1. The lowest BCUT2D eigenvalue weighted by Gasteiger charge is -2.36. The largest absolute Gasteiger partial charge is 0.494 e. The normalized spacial score (nSPS) is 23.6. The summed E-state index contributed by atoms with van der Waals surface area (Å²) in [7, 11) is -2.39. The number of ether oxygens (including phenoxy) is 2. The Morgan fingerprint density at radius 1 is 1.16 bits per heavy atom. The molecule has 2 aromatic carbocycles. The van der Waals surface area contributed by atoms with Gasteiger partial charge in [-0.1, -0.05) is 50.6 Å². The van der Waals surface area contributed by atoms with Crippen LogP contribution in [-0.4, -0.2) is 78.7 Å². The zero-order valence-corrected chi connectivity index (χ0v) is 30.3. The summed E-state index contributed by atoms with van der Waals surface area (Å²) < 4.78 is 54.2. The van der Waals surface area contributed by atoms with E-state index in [1.807, 2.05) is 20.8 Å². The molecule has 0 unspecified atom stereocenters. The molecule has 3 N–H and O–H groups in total. The molecule has 1 aromatic heterocycles. The number of carbonyl (C=O) groups is 3. The van der Waals surface area contributed by atoms with Crippen molar-refractivity contribution in [1.29, 1.82) is 0 Å². The van der Waals surface area contributed by atoms with Gasteiger partial charge in [-0.05, 0) is 55.0 Å². The van der Waals surface area contributed by atoms with Gasteiger partial charge in [0.05, 0.1) is 30.8 Å². The van der Waals surface area contributed by atoms with Crippen LogP contribution in [0, 0.1) is 17.2 Å². The standard InChI is InChI=1S/C36H41ClFN5O7S/c1-6-20-17-36(20,34(46)42-51(47,48)23-12-13-23)41-31(44)28-16-22(50-32-25-15-21(37)11-14-24(25)29(49-5)18-39-32)19-43(28)33(45)30(35(2,3)4)40-27-10-8-7-9-26(27)38/h6-11,14-15,18,20,22-23,28,30,40H,1,12-13,16-17,19H2,2-5H3,(H,41,44)(H,42,46)/t20-,22-,28+,30+,36-/m1/s1. The second-order valence-electron chi connectivity index (χ2n) is 14.4. The molecule has 51 heavy (non-hydrogen) atoms. The zero-order valence-electron chi connectivity index (χ0n) is 28.7. The summed E-state index contributed by atoms with van der Waals surface area (Å²) in [5.41, 5.74) is -2.20. The summed E-state index contributed by atoms with van der Waals surface area (Å²) in [5, 5.41) is 6.86. The van der Waals surface area contributed by atoms with Crippen molar-refractivity contribution in [2.75, 3.05) is 19.0 Å². The molecule has 272 valence electrons. The minimum absolute atomic E-state index is 0.000724. The van der Waals surface area contributed by atoms with Crippen molar-refractivity contribution in [3.8, 4) is 11.6 Å². The number of nitrogens with zero attached hydrogens (tertiary/aromatic N) is 2. The maximum absolute atomic E-state index is 14.8. The van der Waals surface area contributed by atoms with E-state index in [1.165, 1.54) is 42.5 Å². The first-order valence-corrected chi connectivity index (χ1v) is 18.6. The Morgan fingerprint density at radius 3 is 2.51 bits per heavy atom. The third kappa shape index (κ3) is 7.34. The highest BCUT2D eigenvalue weighted by Gasteiger charge is 2.62. The number of amides is 3. The first-order valence-electron chi connectivity index (χ1n) is 16.7. The molecule has 0 spiro atoms. The molecule has 2 heterocycles. The molecular weight excluding hydrogens is 701 g/mol. The van der Waals surface area contributed by atoms with Crippen molar-refractivity contribution in [2.24, 2.45) is 11.3 Å². The monoisotopic (exact) mass is 741 g/mol. The van der Waals surface area contributed by atoms with Crippen molar-refractivity contribution in [3.05, 3.63) is 72.2 Å². The Balaban J connectivity index is 1.32. The Morgan fingerprint density at radius 2 is 1.88 bits per heavy atom. The summed E-state index contributed by atoms with van der Waals surface area (Å²) in [6, 6.07) is 8.99. The van der Waals surface area contributed by atoms with Crippen molar-refractivity contribution >= 4 is 55.8 Å². The summed E-state index contributed by atoms with van der Waals surface area (Å²) in [5.74, 6) is -2.40. The molecule has 3 aliphatic rings. The highest BCUT2D eigenvalue weighted by atomic mass is 35.5. The molecule has 15 heteroatoms. The van der Waals surface area contributed by atoms with E-state index in [2.05, 4.69) is 26.9 Å². The van der Waals surface area contributed by atoms with Gasteiger partial charge in [0, 0.05) is 28.1 Å². The van der Waals surface area contributed by atoms with Gasteiger partial charge in [-0.3, -0.25) is 19.1 Å². The summed E-state index contributed by atoms with van der Waals surface area (Å²) in [4.78, 5) is 48.1. The number of sulfonamides is 1. The van der Waals surface area contributed by atoms with Crippen molar-refractivity contribution < 1.29 is 36.7 Å². The second kappa shape index (κ2) is 13.6. The SMILES string of the molecule is C=C[C@@H]1C[C@]1(NC(=O)[C@@H]1C[C@@H](Oc2ncc(OC)c3ccc(Cl)cc23)CN1C(=O)[C@H](Nc1ccccc1F)C(C)(C)C)C(=O)NS(=O)(=O)C1CC1. The minimum atomic E-state index is -3.90. The number of aromatic nitrogens is 1. The minimum Gasteiger partial charge on any atom is -0.494 e. The third-order valence-electron chi connectivity index (χ3n) is 9.66. The van der Waals surface area contributed by atoms with E-state index in [0.29, 0.717) is 34.4 Å². The fraction of sp³-hybridized carbons (Fsp3) is 0.444. The lowest BCUT2D eigenvalue weighted by Crippen LogP contribution is -2.58. The van der Waals surface area contributed by atoms with Gasteiger partial charge < -0.3 is 25.0 Å². The molecule has 3 aromatic rings. The number of benzene rings is 2. The zero-order chi connectivity index (χ0) is 36.9. The molecule has 1 saturated heterocycles. The van der Waals surface area contributed by atoms with E-state index in [9.17, 15) is 27.2 Å². The Kier molecular flexibility index (Phi) is 9.70. The van der Waals surface area contributed by atoms with Gasteiger partial charge in [-0.25, -0.2) is 17.8 Å². The average molecular weight is 742 g/mol. The van der Waals surface area contributed by atoms with Crippen LogP contribution >= 0.6 is 11.6 Å². The highest BCUT2D eigenvalue weighted by molar-refractivity contribution is 7.91. The van der Waals surface area contributed by atoms with Gasteiger partial charge in [0.25, 0.3) is 5.91 Å². The summed E-state index contributed by atoms with van der Waals surface area (Å²) >= 11 is 6.32. The number of likely N-dealkylation sites (tertiary alicyclic amines) is 1. The Hall–Kier alpha value is -4.43. The highest BCUT2D eigenvalue weighted by Crippen LogP contribution is 2.46. The maximum atomic E-state index is 14.8. The number of rotatable bonds is 12. The third-order valence-corrected chi connectivity index (χ3v) is 11.7. The van der Waals surface area contributed by atoms with E-state index in [-0.39, 0.29) is 31.0 Å². The van der Waals surface area contributed by atoms with Crippen LogP contribution in [0.1, 0.15) is 46.5 Å². The number of halogens is 2. The van der Waals surface area contributed by atoms with Crippen LogP contribution in [0.5, 0.6) is 11.6 Å². The number of methoxy groups -OCH3 is 1. The predicted octanol–water partition coefficient (Wildman–Crippen LogP) is 4.58. The molecule has 2 saturated carbocycles. The predicted molar refractivity (Wildman–Crippen MR) is 190 cm³/mol. The fourth-order valence-corrected chi connectivity index (χ4v) is 8.06. The van der Waals surface area contributed by atoms with Crippen LogP contribution in [0.3, 0.4) is 0 Å². The van der Waals surface area contributed by atoms with Crippen molar-refractivity contribution in [1.82, 2.24) is 19.9 Å². The van der Waals surface area contributed by atoms with Crippen molar-refractivity contribution in [3.63, 3.8) is 0 Å². The quantitative estimate of drug-likeness (QED) is 0.226. The average Bonchev–Trinajstić information content (AvgIpc) is 4.00. The first kappa shape index (κ1) is 36.4. The van der Waals surface area contributed by atoms with Gasteiger partial charge in [0.15, 0.2) is 0 Å². The lowest BCUT2D eigenvalue weighted by atomic mass is 9.85. The van der Waals surface area contributed by atoms with Crippen LogP contribution in [-0.2, 0) is 24.4 Å². The number of fused-ring (bicyclic) bond motifs is 1. The molecule has 1 aliphatic heterocycles. The molecule has 12 nitrogen and oxygen atoms in total. The number of hydrogen-bond acceptors (Lipinski definition) is 9. The van der Waals surface area contributed by atoms with Crippen LogP contribution in [0.2, 0.25) is 5.02 Å². The Labute approximate surface area is 301 Å². The topological polar surface area (TPSA) is 156 Å². The van der Waals surface area contributed by atoms with E-state index in [1.54, 1.807) is 24.3 Å². The van der Waals surface area contributed by atoms with Crippen LogP contribution in [0.4, 0.5) is 10.1 Å². The molecule has 3 fully saturated rings. The molecule has 0 radical (unpaired) electrons. The van der Waals surface area contributed by atoms with Crippen LogP contribution in [0.25, 0.3) is 10.8 Å². The molecular formula is C36H41ClFN5O7S. The smallest absolute Gasteiger partial charge is 0.259 e. The van der Waals surface area contributed by atoms with Gasteiger partial charge >= 0.3 is 0 Å². The van der Waals surface area contributed by atoms with Gasteiger partial charge in [-0.15, -0.1) is 6.58 Å². The maximum Gasteiger partial charge on any atom is 0.259 e. The van der Waals surface area contributed by atoms with Gasteiger partial charge in [-0.2, -0.15) is 0 Å². The van der Waals surface area contributed by atoms with Crippen LogP contribution < -0.4 is 24.8 Å². The van der Waals surface area contributed by atoms with E-state index < -0.39 is 73.9 Å². The van der Waals surface area contributed by atoms with E-state index >= 15 is 0 Å². The second-order valence-corrected chi connectivity index (χ2v) is 16.8. The van der Waals surface area contributed by atoms with Crippen LogP contribution in [0.15, 0.2) is 61.3 Å². The number of anilines is 1. The number of hydrogen-bond donors (Lipinski definition) is 3. The molecule has 2 aliphatic carbocycles. The molecule has 3 amide bonds. The first-order chi connectivity index (χ1) is 24.1.